The van der Waals surface area contributed by atoms with E-state index in [9.17, 15) is 9.59 Å². The molecule has 0 aromatic carbocycles. The maximum atomic E-state index is 11.4. The number of carbonyl (C=O) groups excluding carboxylic acids is 2. The molecule has 2 aliphatic carbocycles. The van der Waals surface area contributed by atoms with Gasteiger partial charge in [0.2, 0.25) is 0 Å². The van der Waals surface area contributed by atoms with Crippen LogP contribution in [-0.2, 0) is 19.1 Å². The lowest BCUT2D eigenvalue weighted by Gasteiger charge is -2.36. The fourth-order valence-corrected chi connectivity index (χ4v) is 3.61. The third-order valence-electron chi connectivity index (χ3n) is 4.53. The SMILES string of the molecule is C=C(C)C(=O)OCC1CC2CC1CC2(C)OC(C)=O. The Bertz CT molecular complexity index is 414. The Labute approximate surface area is 114 Å². The predicted octanol–water partition coefficient (Wildman–Crippen LogP) is 2.47. The van der Waals surface area contributed by atoms with Gasteiger partial charge in [0.1, 0.15) is 5.60 Å². The molecule has 0 heterocycles. The van der Waals surface area contributed by atoms with E-state index in [4.69, 9.17) is 9.47 Å². The first-order chi connectivity index (χ1) is 8.82. The lowest BCUT2D eigenvalue weighted by Crippen LogP contribution is -2.39. The van der Waals surface area contributed by atoms with Crippen molar-refractivity contribution in [1.29, 1.82) is 0 Å². The fourth-order valence-electron chi connectivity index (χ4n) is 3.61. The third-order valence-corrected chi connectivity index (χ3v) is 4.53. The number of ether oxygens (including phenoxy) is 2. The minimum Gasteiger partial charge on any atom is -0.462 e. The van der Waals surface area contributed by atoms with Crippen molar-refractivity contribution in [1.82, 2.24) is 0 Å². The molecule has 0 amide bonds. The minimum absolute atomic E-state index is 0.208. The number of fused-ring (bicyclic) bond motifs is 2. The summed E-state index contributed by atoms with van der Waals surface area (Å²) in [6.07, 6.45) is 2.92. The highest BCUT2D eigenvalue weighted by molar-refractivity contribution is 5.86. The van der Waals surface area contributed by atoms with Gasteiger partial charge in [0.25, 0.3) is 0 Å². The molecular formula is C15H22O4. The van der Waals surface area contributed by atoms with E-state index in [1.807, 2.05) is 6.92 Å². The fraction of sp³-hybridized carbons (Fsp3) is 0.733. The maximum absolute atomic E-state index is 11.4. The number of hydrogen-bond acceptors (Lipinski definition) is 4. The summed E-state index contributed by atoms with van der Waals surface area (Å²) in [6.45, 7) is 9.17. The van der Waals surface area contributed by atoms with Crippen LogP contribution < -0.4 is 0 Å². The molecule has 4 unspecified atom stereocenters. The molecule has 2 aliphatic rings. The molecule has 0 aromatic rings. The molecule has 2 rings (SSSR count). The van der Waals surface area contributed by atoms with Crippen molar-refractivity contribution in [2.24, 2.45) is 17.8 Å². The molecule has 0 radical (unpaired) electrons. The van der Waals surface area contributed by atoms with Gasteiger partial charge in [-0.15, -0.1) is 0 Å². The smallest absolute Gasteiger partial charge is 0.333 e. The molecule has 0 aromatic heterocycles. The first-order valence-electron chi connectivity index (χ1n) is 6.84. The van der Waals surface area contributed by atoms with Gasteiger partial charge in [-0.3, -0.25) is 4.79 Å². The average molecular weight is 266 g/mol. The Morgan fingerprint density at radius 2 is 2.00 bits per heavy atom. The summed E-state index contributed by atoms with van der Waals surface area (Å²) in [5.41, 5.74) is 0.124. The number of carbonyl (C=O) groups is 2. The average Bonchev–Trinajstić information content (AvgIpc) is 2.80. The highest BCUT2D eigenvalue weighted by Gasteiger charge is 2.54. The summed E-state index contributed by atoms with van der Waals surface area (Å²) in [5, 5.41) is 0. The number of rotatable bonds is 4. The van der Waals surface area contributed by atoms with Crippen molar-refractivity contribution in [2.75, 3.05) is 6.61 Å². The molecule has 0 spiro atoms. The predicted molar refractivity (Wildman–Crippen MR) is 70.3 cm³/mol. The Kier molecular flexibility index (Phi) is 3.70. The van der Waals surface area contributed by atoms with E-state index in [0.29, 0.717) is 29.9 Å². The van der Waals surface area contributed by atoms with Crippen LogP contribution in [0.15, 0.2) is 12.2 Å². The summed E-state index contributed by atoms with van der Waals surface area (Å²) >= 11 is 0. The highest BCUT2D eigenvalue weighted by Crippen LogP contribution is 2.55. The monoisotopic (exact) mass is 266 g/mol. The van der Waals surface area contributed by atoms with Gasteiger partial charge in [0.15, 0.2) is 0 Å². The Balaban J connectivity index is 1.87. The first-order valence-corrected chi connectivity index (χ1v) is 6.84. The van der Waals surface area contributed by atoms with Crippen molar-refractivity contribution in [2.45, 2.75) is 45.6 Å². The molecule has 19 heavy (non-hydrogen) atoms. The van der Waals surface area contributed by atoms with Crippen LogP contribution in [0, 0.1) is 17.8 Å². The van der Waals surface area contributed by atoms with Crippen LogP contribution in [0.5, 0.6) is 0 Å². The lowest BCUT2D eigenvalue weighted by molar-refractivity contribution is -0.162. The summed E-state index contributed by atoms with van der Waals surface area (Å²) < 4.78 is 10.7. The molecule has 0 N–H and O–H groups in total. The van der Waals surface area contributed by atoms with Gasteiger partial charge in [0.05, 0.1) is 6.61 Å². The summed E-state index contributed by atoms with van der Waals surface area (Å²) in [4.78, 5) is 22.5. The molecule has 0 aliphatic heterocycles. The van der Waals surface area contributed by atoms with E-state index >= 15 is 0 Å². The van der Waals surface area contributed by atoms with Gasteiger partial charge in [-0.2, -0.15) is 0 Å². The molecule has 2 fully saturated rings. The minimum atomic E-state index is -0.314. The molecule has 4 atom stereocenters. The maximum Gasteiger partial charge on any atom is 0.333 e. The van der Waals surface area contributed by atoms with E-state index in [1.165, 1.54) is 6.92 Å². The number of esters is 2. The zero-order valence-electron chi connectivity index (χ0n) is 11.9. The van der Waals surface area contributed by atoms with Gasteiger partial charge >= 0.3 is 11.9 Å². The van der Waals surface area contributed by atoms with Crippen LogP contribution in [0.25, 0.3) is 0 Å². The van der Waals surface area contributed by atoms with Crippen LogP contribution in [-0.4, -0.2) is 24.1 Å². The lowest BCUT2D eigenvalue weighted by atomic mass is 9.80. The zero-order chi connectivity index (χ0) is 14.2. The van der Waals surface area contributed by atoms with Crippen LogP contribution in [0.3, 0.4) is 0 Å². The first kappa shape index (κ1) is 14.1. The van der Waals surface area contributed by atoms with Gasteiger partial charge < -0.3 is 9.47 Å². The van der Waals surface area contributed by atoms with Gasteiger partial charge in [-0.05, 0) is 50.9 Å². The van der Waals surface area contributed by atoms with Gasteiger partial charge in [0, 0.05) is 12.5 Å². The zero-order valence-corrected chi connectivity index (χ0v) is 11.9. The van der Waals surface area contributed by atoms with E-state index in [-0.39, 0.29) is 17.5 Å². The molecule has 4 heteroatoms. The van der Waals surface area contributed by atoms with Crippen LogP contribution >= 0.6 is 0 Å². The number of hydrogen-bond donors (Lipinski definition) is 0. The molecule has 4 nitrogen and oxygen atoms in total. The van der Waals surface area contributed by atoms with Crippen LogP contribution in [0.1, 0.15) is 40.0 Å². The van der Waals surface area contributed by atoms with E-state index in [0.717, 1.165) is 19.3 Å². The van der Waals surface area contributed by atoms with Crippen molar-refractivity contribution in [3.8, 4) is 0 Å². The largest absolute Gasteiger partial charge is 0.462 e. The normalized spacial score (nSPS) is 36.1. The van der Waals surface area contributed by atoms with Crippen molar-refractivity contribution < 1.29 is 19.1 Å². The van der Waals surface area contributed by atoms with Crippen LogP contribution in [0.2, 0.25) is 0 Å². The summed E-state index contributed by atoms with van der Waals surface area (Å²) in [5.74, 6) is 0.768. The van der Waals surface area contributed by atoms with Crippen molar-refractivity contribution >= 4 is 11.9 Å². The van der Waals surface area contributed by atoms with E-state index in [2.05, 4.69) is 6.58 Å². The second-order valence-corrected chi connectivity index (χ2v) is 6.18. The topological polar surface area (TPSA) is 52.6 Å². The Morgan fingerprint density at radius 3 is 2.47 bits per heavy atom. The standard InChI is InChI=1S/C15H22O4/c1-9(2)14(17)18-8-12-6-13-5-11(12)7-15(13,4)19-10(3)16/h11-13H,1,5-8H2,2-4H3. The summed E-state index contributed by atoms with van der Waals surface area (Å²) in [7, 11) is 0. The van der Waals surface area contributed by atoms with Gasteiger partial charge in [-0.25, -0.2) is 4.79 Å². The Hall–Kier alpha value is -1.32. The second kappa shape index (κ2) is 4.99. The molecule has 2 saturated carbocycles. The van der Waals surface area contributed by atoms with E-state index in [1.54, 1.807) is 6.92 Å². The second-order valence-electron chi connectivity index (χ2n) is 6.18. The molecule has 2 bridgehead atoms. The molecule has 0 saturated heterocycles. The van der Waals surface area contributed by atoms with Gasteiger partial charge in [-0.1, -0.05) is 6.58 Å². The van der Waals surface area contributed by atoms with E-state index < -0.39 is 0 Å². The third kappa shape index (κ3) is 2.82. The molecular weight excluding hydrogens is 244 g/mol. The molecule has 106 valence electrons. The van der Waals surface area contributed by atoms with Crippen molar-refractivity contribution in [3.63, 3.8) is 0 Å². The van der Waals surface area contributed by atoms with Crippen LogP contribution in [0.4, 0.5) is 0 Å². The Morgan fingerprint density at radius 1 is 1.32 bits per heavy atom. The highest BCUT2D eigenvalue weighted by atomic mass is 16.6. The summed E-state index contributed by atoms with van der Waals surface area (Å²) in [6, 6.07) is 0. The quantitative estimate of drug-likeness (QED) is 0.579. The van der Waals surface area contributed by atoms with Crippen molar-refractivity contribution in [3.05, 3.63) is 12.2 Å².